The highest BCUT2D eigenvalue weighted by atomic mass is 16.3. The van der Waals surface area contributed by atoms with Crippen LogP contribution in [0.15, 0.2) is 29.0 Å². The van der Waals surface area contributed by atoms with Crippen molar-refractivity contribution in [1.29, 1.82) is 0 Å². The van der Waals surface area contributed by atoms with E-state index in [0.717, 1.165) is 32.4 Å². The number of primary amides is 1. The number of carbonyl (C=O) groups excluding carboxylic acids is 3. The Labute approximate surface area is 221 Å². The van der Waals surface area contributed by atoms with Gasteiger partial charge in [-0.2, -0.15) is 0 Å². The second kappa shape index (κ2) is 8.31. The Morgan fingerprint density at radius 2 is 1.71 bits per heavy atom. The van der Waals surface area contributed by atoms with Crippen molar-refractivity contribution in [2.24, 2.45) is 16.6 Å². The van der Waals surface area contributed by atoms with Crippen LogP contribution >= 0.6 is 0 Å². The minimum Gasteiger partial charge on any atom is -0.508 e. The van der Waals surface area contributed by atoms with Crippen LogP contribution in [-0.4, -0.2) is 81.6 Å². The van der Waals surface area contributed by atoms with Gasteiger partial charge >= 0.3 is 0 Å². The third kappa shape index (κ3) is 3.16. The van der Waals surface area contributed by atoms with Crippen molar-refractivity contribution in [2.75, 3.05) is 32.1 Å². The van der Waals surface area contributed by atoms with Crippen molar-refractivity contribution >= 4 is 28.9 Å². The van der Waals surface area contributed by atoms with E-state index in [1.165, 1.54) is 11.8 Å². The summed E-state index contributed by atoms with van der Waals surface area (Å²) < 4.78 is 0. The number of Topliss-reactive ketones (excluding diaryl/α,β-unsaturated/α-hetero) is 2. The number of ketones is 2. The zero-order chi connectivity index (χ0) is 27.9. The normalized spacial score (nSPS) is 33.3. The van der Waals surface area contributed by atoms with Gasteiger partial charge in [-0.05, 0) is 57.8 Å². The Balaban J connectivity index is 1.75. The van der Waals surface area contributed by atoms with Gasteiger partial charge in [-0.1, -0.05) is 19.9 Å². The van der Waals surface area contributed by atoms with E-state index in [1.54, 1.807) is 21.0 Å². The molecular formula is C28H35N3O7. The van der Waals surface area contributed by atoms with Crippen molar-refractivity contribution in [1.82, 2.24) is 4.90 Å². The van der Waals surface area contributed by atoms with Crippen molar-refractivity contribution in [3.8, 4) is 5.75 Å². The number of hydrogen-bond donors (Lipinski definition) is 5. The molecule has 38 heavy (non-hydrogen) atoms. The summed E-state index contributed by atoms with van der Waals surface area (Å²) in [6.45, 7) is 4.81. The third-order valence-corrected chi connectivity index (χ3v) is 9.18. The summed E-state index contributed by atoms with van der Waals surface area (Å²) in [5, 5.41) is 46.0. The van der Waals surface area contributed by atoms with Crippen LogP contribution in [0.1, 0.15) is 50.7 Å². The molecule has 1 aromatic carbocycles. The molecule has 6 N–H and O–H groups in total. The summed E-state index contributed by atoms with van der Waals surface area (Å²) in [5.41, 5.74) is 0.422. The molecule has 1 saturated carbocycles. The molecule has 1 heterocycles. The molecule has 2 fully saturated rings. The maximum absolute atomic E-state index is 14.3. The van der Waals surface area contributed by atoms with Gasteiger partial charge in [-0.3, -0.25) is 19.3 Å². The number of rotatable bonds is 3. The van der Waals surface area contributed by atoms with Crippen LogP contribution < -0.4 is 10.6 Å². The van der Waals surface area contributed by atoms with Crippen LogP contribution in [-0.2, 0) is 20.8 Å². The molecule has 1 saturated heterocycles. The molecule has 10 nitrogen and oxygen atoms in total. The fourth-order valence-electron chi connectivity index (χ4n) is 7.69. The van der Waals surface area contributed by atoms with Gasteiger partial charge in [0.25, 0.3) is 5.91 Å². The Morgan fingerprint density at radius 3 is 2.29 bits per heavy atom. The first kappa shape index (κ1) is 26.2. The first-order chi connectivity index (χ1) is 17.7. The molecule has 0 aromatic heterocycles. The maximum atomic E-state index is 14.3. The number of anilines is 1. The molecule has 4 aliphatic rings. The molecule has 4 atom stereocenters. The summed E-state index contributed by atoms with van der Waals surface area (Å²) in [4.78, 5) is 43.4. The Bertz CT molecular complexity index is 1340. The molecule has 0 bridgehead atoms. The molecule has 0 spiro atoms. The van der Waals surface area contributed by atoms with Gasteiger partial charge in [0.1, 0.15) is 22.8 Å². The van der Waals surface area contributed by atoms with E-state index in [0.29, 0.717) is 11.3 Å². The highest BCUT2D eigenvalue weighted by molar-refractivity contribution is 6.25. The number of aliphatic hydroxyl groups excluding tert-OH is 2. The van der Waals surface area contributed by atoms with E-state index in [4.69, 9.17) is 5.73 Å². The minimum absolute atomic E-state index is 0.0143. The highest BCUT2D eigenvalue weighted by Crippen LogP contribution is 2.63. The van der Waals surface area contributed by atoms with Gasteiger partial charge in [0.2, 0.25) is 5.78 Å². The standard InChI is InChI=1S/C28H35N3O7/c1-26-12-14-8-9-15(31-10-6-5-7-11-31)19(32)16(14)20(33)18(26)24(36)28(38)23(35)17(25(29)37)21(34)22(30(3)4)27(28,2)13-26/h8-9,22,32-33,35,38H,5-7,10-13H2,1-4H3,(H2,29,37)/t22?,26-,27-,28+/m1/s1. The van der Waals surface area contributed by atoms with Crippen LogP contribution in [0.5, 0.6) is 5.75 Å². The summed E-state index contributed by atoms with van der Waals surface area (Å²) in [5.74, 6) is -4.77. The molecule has 0 radical (unpaired) electrons. The Kier molecular flexibility index (Phi) is 5.74. The van der Waals surface area contributed by atoms with Crippen LogP contribution in [0.3, 0.4) is 0 Å². The number of hydrogen-bond acceptors (Lipinski definition) is 9. The van der Waals surface area contributed by atoms with Gasteiger partial charge in [-0.25, -0.2) is 0 Å². The number of nitrogens with two attached hydrogens (primary N) is 1. The molecule has 1 unspecified atom stereocenters. The SMILES string of the molecule is CN(C)C1C(=O)C(C(N)=O)=C(O)[C@]2(O)C(=O)C3=C(O)c4c(ccc(N5CCCCC5)c4O)C[C@]3(C)C[C@]12C. The summed E-state index contributed by atoms with van der Waals surface area (Å²) in [6, 6.07) is 2.50. The Morgan fingerprint density at radius 1 is 1.08 bits per heavy atom. The summed E-state index contributed by atoms with van der Waals surface area (Å²) in [6.07, 6.45) is 3.31. The Hall–Kier alpha value is -3.37. The molecule has 1 amide bonds. The first-order valence-corrected chi connectivity index (χ1v) is 13.0. The highest BCUT2D eigenvalue weighted by Gasteiger charge is 2.72. The lowest BCUT2D eigenvalue weighted by molar-refractivity contribution is -0.175. The van der Waals surface area contributed by atoms with Gasteiger partial charge < -0.3 is 31.1 Å². The van der Waals surface area contributed by atoms with Crippen molar-refractivity contribution < 1.29 is 34.8 Å². The van der Waals surface area contributed by atoms with Crippen LogP contribution in [0.25, 0.3) is 5.76 Å². The van der Waals surface area contributed by atoms with E-state index >= 15 is 0 Å². The fourth-order valence-corrected chi connectivity index (χ4v) is 7.69. The van der Waals surface area contributed by atoms with E-state index in [1.807, 2.05) is 17.0 Å². The van der Waals surface area contributed by atoms with E-state index in [2.05, 4.69) is 0 Å². The van der Waals surface area contributed by atoms with Gasteiger partial charge in [0.05, 0.1) is 17.3 Å². The smallest absolute Gasteiger partial charge is 0.255 e. The van der Waals surface area contributed by atoms with E-state index < -0.39 is 57.0 Å². The van der Waals surface area contributed by atoms with Crippen molar-refractivity contribution in [3.63, 3.8) is 0 Å². The maximum Gasteiger partial charge on any atom is 0.255 e. The zero-order valence-electron chi connectivity index (χ0n) is 22.2. The molecule has 10 heteroatoms. The largest absolute Gasteiger partial charge is 0.508 e. The molecule has 204 valence electrons. The fraction of sp³-hybridized carbons (Fsp3) is 0.536. The third-order valence-electron chi connectivity index (χ3n) is 9.18. The number of piperidine rings is 1. The first-order valence-electron chi connectivity index (χ1n) is 13.0. The molecule has 1 aliphatic heterocycles. The number of benzene rings is 1. The number of aliphatic hydroxyl groups is 3. The van der Waals surface area contributed by atoms with E-state index in [-0.39, 0.29) is 29.7 Å². The summed E-state index contributed by atoms with van der Waals surface area (Å²) in [7, 11) is 3.17. The second-order valence-electron chi connectivity index (χ2n) is 11.9. The number of carbonyl (C=O) groups is 3. The zero-order valence-corrected chi connectivity index (χ0v) is 22.2. The summed E-state index contributed by atoms with van der Waals surface area (Å²) >= 11 is 0. The van der Waals surface area contributed by atoms with Gasteiger partial charge in [-0.15, -0.1) is 0 Å². The van der Waals surface area contributed by atoms with Gasteiger partial charge in [0.15, 0.2) is 11.4 Å². The topological polar surface area (TPSA) is 165 Å². The molecular weight excluding hydrogens is 490 g/mol. The lowest BCUT2D eigenvalue weighted by atomic mass is 9.46. The van der Waals surface area contributed by atoms with Crippen LogP contribution in [0.4, 0.5) is 5.69 Å². The molecule has 3 aliphatic carbocycles. The molecule has 5 rings (SSSR count). The minimum atomic E-state index is -2.71. The number of phenols is 1. The number of likely N-dealkylation sites (N-methyl/N-ethyl adjacent to an activating group) is 1. The predicted molar refractivity (Wildman–Crippen MR) is 140 cm³/mol. The van der Waals surface area contributed by atoms with E-state index in [9.17, 15) is 34.8 Å². The molecule has 1 aromatic rings. The number of aromatic hydroxyl groups is 1. The van der Waals surface area contributed by atoms with Crippen molar-refractivity contribution in [3.05, 3.63) is 40.2 Å². The predicted octanol–water partition coefficient (Wildman–Crippen LogP) is 1.73. The van der Waals surface area contributed by atoms with Gasteiger partial charge in [0, 0.05) is 29.5 Å². The quantitative estimate of drug-likeness (QED) is 0.370. The van der Waals surface area contributed by atoms with Crippen molar-refractivity contribution in [2.45, 2.75) is 57.6 Å². The van der Waals surface area contributed by atoms with Crippen LogP contribution in [0.2, 0.25) is 0 Å². The second-order valence-corrected chi connectivity index (χ2v) is 11.9. The lowest BCUT2D eigenvalue weighted by Crippen LogP contribution is -2.72. The monoisotopic (exact) mass is 525 g/mol. The van der Waals surface area contributed by atoms with Crippen LogP contribution in [0, 0.1) is 10.8 Å². The number of nitrogens with zero attached hydrogens (tertiary/aromatic N) is 2. The number of phenolic OH excluding ortho intramolecular Hbond substituents is 1. The number of amides is 1. The number of fused-ring (bicyclic) bond motifs is 3. The lowest BCUT2D eigenvalue weighted by Gasteiger charge is -2.59. The average molecular weight is 526 g/mol. The average Bonchev–Trinajstić information content (AvgIpc) is 2.81.